The normalized spacial score (nSPS) is 13.0. The summed E-state index contributed by atoms with van der Waals surface area (Å²) in [5.41, 5.74) is 10.3. The van der Waals surface area contributed by atoms with Gasteiger partial charge in [0.15, 0.2) is 0 Å². The number of hydrogen-bond acceptors (Lipinski definition) is 4. The van der Waals surface area contributed by atoms with Crippen LogP contribution < -0.4 is 5.32 Å². The van der Waals surface area contributed by atoms with E-state index in [1.807, 2.05) is 61.2 Å². The molecule has 1 aliphatic rings. The topological polar surface area (TPSA) is 66.6 Å². The van der Waals surface area contributed by atoms with Crippen molar-refractivity contribution in [2.45, 2.75) is 6.42 Å². The maximum Gasteiger partial charge on any atom is 0.0717 e. The summed E-state index contributed by atoms with van der Waals surface area (Å²) in [4.78, 5) is 9.06. The van der Waals surface area contributed by atoms with E-state index in [2.05, 4.69) is 111 Å². The van der Waals surface area contributed by atoms with E-state index in [9.17, 15) is 0 Å². The molecule has 0 aliphatic carbocycles. The highest BCUT2D eigenvalue weighted by Gasteiger charge is 2.16. The summed E-state index contributed by atoms with van der Waals surface area (Å²) < 4.78 is 2.40. The minimum atomic E-state index is 0.530. The first-order valence-electron chi connectivity index (χ1n) is 15.5. The highest BCUT2D eigenvalue weighted by molar-refractivity contribution is 6.19. The van der Waals surface area contributed by atoms with Gasteiger partial charge in [-0.25, -0.2) is 0 Å². The molecule has 0 saturated carbocycles. The Morgan fingerprint density at radius 2 is 1.65 bits per heavy atom. The number of rotatable bonds is 7. The van der Waals surface area contributed by atoms with Crippen molar-refractivity contribution < 1.29 is 0 Å². The Labute approximate surface area is 267 Å². The molecule has 4 aromatic carbocycles. The van der Waals surface area contributed by atoms with Crippen molar-refractivity contribution in [3.63, 3.8) is 0 Å². The van der Waals surface area contributed by atoms with Crippen molar-refractivity contribution in [2.75, 3.05) is 6.54 Å². The summed E-state index contributed by atoms with van der Waals surface area (Å²) in [6.07, 6.45) is 16.2. The SMILES string of the molecule is N=C(/C=C\Cc1ccc2c3ccc4cc(-c5cncc(-c6ccccn6)c5)ccc4c3n(-c3ccccc3)c2c1)C1=CCNC=C1. The van der Waals surface area contributed by atoms with E-state index in [1.54, 1.807) is 0 Å². The molecule has 0 fully saturated rings. The van der Waals surface area contributed by atoms with Gasteiger partial charge in [0.1, 0.15) is 0 Å². The summed E-state index contributed by atoms with van der Waals surface area (Å²) >= 11 is 0. The Balaban J connectivity index is 1.22. The average molecular weight is 594 g/mol. The van der Waals surface area contributed by atoms with Crippen LogP contribution in [0.1, 0.15) is 5.56 Å². The first kappa shape index (κ1) is 27.5. The summed E-state index contributed by atoms with van der Waals surface area (Å²) in [5, 5.41) is 16.4. The van der Waals surface area contributed by atoms with Crippen molar-refractivity contribution in [1.29, 1.82) is 5.41 Å². The third kappa shape index (κ3) is 5.08. The van der Waals surface area contributed by atoms with E-state index in [0.29, 0.717) is 5.71 Å². The number of dihydropyridines is 1. The zero-order valence-corrected chi connectivity index (χ0v) is 25.2. The van der Waals surface area contributed by atoms with Gasteiger partial charge in [-0.1, -0.05) is 72.8 Å². The van der Waals surface area contributed by atoms with Gasteiger partial charge < -0.3 is 15.3 Å². The van der Waals surface area contributed by atoms with Crippen LogP contribution in [0.3, 0.4) is 0 Å². The Bertz CT molecular complexity index is 2340. The van der Waals surface area contributed by atoms with E-state index in [1.165, 1.54) is 38.1 Å². The molecule has 0 saturated heterocycles. The Kier molecular flexibility index (Phi) is 7.04. The lowest BCUT2D eigenvalue weighted by Gasteiger charge is -2.11. The molecule has 0 bridgehead atoms. The van der Waals surface area contributed by atoms with Crippen molar-refractivity contribution in [3.05, 3.63) is 163 Å². The standard InChI is InChI=1S/C41H31N5/c42-38(29-18-21-43-22-19-29)10-6-7-28-12-15-36-37-17-14-31-24-30(32-25-33(27-44-26-32)39-11-4-5-20-45-39)13-16-35(31)41(37)46(40(36)23-28)34-8-2-1-3-9-34/h1-6,8-21,23-27,42-43H,7,22H2/b10-6-,42-38?. The number of aromatic nitrogens is 3. The van der Waals surface area contributed by atoms with Gasteiger partial charge in [0.05, 0.1) is 22.4 Å². The quantitative estimate of drug-likeness (QED) is 0.181. The number of hydrogen-bond donors (Lipinski definition) is 2. The number of allylic oxidation sites excluding steroid dienone is 4. The second-order valence-electron chi connectivity index (χ2n) is 11.5. The number of fused-ring (bicyclic) bond motifs is 5. The number of nitrogens with one attached hydrogen (secondary N) is 2. The van der Waals surface area contributed by atoms with Crippen LogP contribution in [0.2, 0.25) is 0 Å². The average Bonchev–Trinajstić information content (AvgIpc) is 3.46. The molecule has 3 aromatic heterocycles. The molecule has 0 amide bonds. The maximum absolute atomic E-state index is 8.45. The Hall–Kier alpha value is -6.07. The zero-order valence-electron chi connectivity index (χ0n) is 25.2. The number of nitrogens with zero attached hydrogens (tertiary/aromatic N) is 3. The van der Waals surface area contributed by atoms with E-state index >= 15 is 0 Å². The molecule has 0 radical (unpaired) electrons. The van der Waals surface area contributed by atoms with E-state index in [-0.39, 0.29) is 0 Å². The van der Waals surface area contributed by atoms with Gasteiger partial charge in [-0.2, -0.15) is 0 Å². The Morgan fingerprint density at radius 1 is 0.804 bits per heavy atom. The van der Waals surface area contributed by atoms with Gasteiger partial charge >= 0.3 is 0 Å². The lowest BCUT2D eigenvalue weighted by Crippen LogP contribution is -2.11. The fraction of sp³-hybridized carbons (Fsp3) is 0.0488. The van der Waals surface area contributed by atoms with Crippen LogP contribution in [0.4, 0.5) is 0 Å². The van der Waals surface area contributed by atoms with Crippen molar-refractivity contribution >= 4 is 38.3 Å². The highest BCUT2D eigenvalue weighted by atomic mass is 15.0. The summed E-state index contributed by atoms with van der Waals surface area (Å²) in [7, 11) is 0. The van der Waals surface area contributed by atoms with Crippen LogP contribution in [-0.2, 0) is 6.42 Å². The lowest BCUT2D eigenvalue weighted by atomic mass is 9.99. The molecular weight excluding hydrogens is 562 g/mol. The number of pyridine rings is 2. The monoisotopic (exact) mass is 593 g/mol. The highest BCUT2D eigenvalue weighted by Crippen LogP contribution is 2.38. The van der Waals surface area contributed by atoms with Gasteiger partial charge in [-0.15, -0.1) is 0 Å². The van der Waals surface area contributed by atoms with Crippen LogP contribution >= 0.6 is 0 Å². The molecule has 5 heteroatoms. The van der Waals surface area contributed by atoms with Gasteiger partial charge in [0.25, 0.3) is 0 Å². The van der Waals surface area contributed by atoms with Gasteiger partial charge in [-0.05, 0) is 89.3 Å². The molecule has 7 aromatic rings. The van der Waals surface area contributed by atoms with Crippen molar-refractivity contribution in [2.24, 2.45) is 0 Å². The van der Waals surface area contributed by atoms with E-state index in [4.69, 9.17) is 5.41 Å². The molecule has 5 nitrogen and oxygen atoms in total. The molecule has 0 atom stereocenters. The number of para-hydroxylation sites is 1. The third-order valence-corrected chi connectivity index (χ3v) is 8.62. The minimum absolute atomic E-state index is 0.530. The molecule has 0 unspecified atom stereocenters. The smallest absolute Gasteiger partial charge is 0.0717 e. The zero-order chi connectivity index (χ0) is 30.9. The van der Waals surface area contributed by atoms with Crippen molar-refractivity contribution in [3.8, 4) is 28.1 Å². The van der Waals surface area contributed by atoms with Crippen molar-refractivity contribution in [1.82, 2.24) is 19.9 Å². The van der Waals surface area contributed by atoms with E-state index < -0.39 is 0 Å². The fourth-order valence-electron chi connectivity index (χ4n) is 6.37. The summed E-state index contributed by atoms with van der Waals surface area (Å²) in [6, 6.07) is 36.7. The predicted octanol–water partition coefficient (Wildman–Crippen LogP) is 9.22. The Morgan fingerprint density at radius 3 is 2.50 bits per heavy atom. The molecule has 220 valence electrons. The molecule has 46 heavy (non-hydrogen) atoms. The third-order valence-electron chi connectivity index (χ3n) is 8.62. The second-order valence-corrected chi connectivity index (χ2v) is 11.5. The maximum atomic E-state index is 8.45. The molecule has 2 N–H and O–H groups in total. The number of benzene rings is 4. The predicted molar refractivity (Wildman–Crippen MR) is 191 cm³/mol. The molecular formula is C41H31N5. The molecule has 8 rings (SSSR count). The lowest BCUT2D eigenvalue weighted by molar-refractivity contribution is 0.966. The first-order chi connectivity index (χ1) is 22.7. The van der Waals surface area contributed by atoms with Crippen LogP contribution in [0.5, 0.6) is 0 Å². The summed E-state index contributed by atoms with van der Waals surface area (Å²) in [5.74, 6) is 0. The van der Waals surface area contributed by atoms with Gasteiger partial charge in [-0.3, -0.25) is 9.97 Å². The molecule has 1 aliphatic heterocycles. The van der Waals surface area contributed by atoms with Crippen LogP contribution in [-0.4, -0.2) is 26.8 Å². The van der Waals surface area contributed by atoms with Crippen LogP contribution in [0.25, 0.3) is 60.6 Å². The largest absolute Gasteiger partial charge is 0.387 e. The second kappa shape index (κ2) is 11.8. The minimum Gasteiger partial charge on any atom is -0.387 e. The first-order valence-corrected chi connectivity index (χ1v) is 15.5. The van der Waals surface area contributed by atoms with Gasteiger partial charge in [0, 0.05) is 58.1 Å². The fourth-order valence-corrected chi connectivity index (χ4v) is 6.37. The van der Waals surface area contributed by atoms with Crippen LogP contribution in [0.15, 0.2) is 158 Å². The van der Waals surface area contributed by atoms with E-state index in [0.717, 1.165) is 46.6 Å². The van der Waals surface area contributed by atoms with Crippen LogP contribution in [0, 0.1) is 5.41 Å². The molecule has 4 heterocycles. The van der Waals surface area contributed by atoms with Gasteiger partial charge in [0.2, 0.25) is 0 Å². The summed E-state index contributed by atoms with van der Waals surface area (Å²) in [6.45, 7) is 0.759. The molecule has 0 spiro atoms.